The quantitative estimate of drug-likeness (QED) is 0.868. The van der Waals surface area contributed by atoms with E-state index in [1.165, 1.54) is 4.88 Å². The van der Waals surface area contributed by atoms with E-state index in [0.717, 1.165) is 16.8 Å². The van der Waals surface area contributed by atoms with Gasteiger partial charge in [0.25, 0.3) is 5.91 Å². The van der Waals surface area contributed by atoms with Crippen LogP contribution in [0.15, 0.2) is 35.7 Å². The van der Waals surface area contributed by atoms with Crippen molar-refractivity contribution < 1.29 is 4.79 Å². The monoisotopic (exact) mass is 302 g/mol. The molecule has 2 rings (SSSR count). The third-order valence-electron chi connectivity index (χ3n) is 3.63. The second kappa shape index (κ2) is 6.76. The number of anilines is 1. The number of hydrogen-bond donors (Lipinski definition) is 2. The first-order chi connectivity index (χ1) is 10.0. The number of carbonyl (C=O) groups excluding carboxylic acids is 1. The van der Waals surface area contributed by atoms with Crippen LogP contribution in [0.1, 0.15) is 40.7 Å². The maximum absolute atomic E-state index is 11.9. The van der Waals surface area contributed by atoms with Gasteiger partial charge >= 0.3 is 0 Å². The van der Waals surface area contributed by atoms with E-state index in [2.05, 4.69) is 42.0 Å². The zero-order valence-corrected chi connectivity index (χ0v) is 13.8. The summed E-state index contributed by atoms with van der Waals surface area (Å²) in [6.45, 7) is 6.39. The van der Waals surface area contributed by atoms with E-state index in [1.807, 2.05) is 25.1 Å². The van der Waals surface area contributed by atoms with Crippen molar-refractivity contribution in [2.45, 2.75) is 26.8 Å². The Hall–Kier alpha value is -1.81. The second-order valence-corrected chi connectivity index (χ2v) is 6.42. The van der Waals surface area contributed by atoms with Crippen LogP contribution in [0.25, 0.3) is 0 Å². The third-order valence-corrected chi connectivity index (χ3v) is 4.59. The molecule has 4 heteroatoms. The minimum atomic E-state index is -0.0478. The van der Waals surface area contributed by atoms with Gasteiger partial charge in [-0.05, 0) is 42.0 Å². The summed E-state index contributed by atoms with van der Waals surface area (Å²) >= 11 is 1.76. The Morgan fingerprint density at radius 2 is 1.95 bits per heavy atom. The van der Waals surface area contributed by atoms with Crippen molar-refractivity contribution in [2.75, 3.05) is 12.4 Å². The van der Waals surface area contributed by atoms with E-state index in [-0.39, 0.29) is 11.9 Å². The molecule has 0 bridgehead atoms. The van der Waals surface area contributed by atoms with Crippen LogP contribution in [0.3, 0.4) is 0 Å². The molecular formula is C17H22N2OS. The van der Waals surface area contributed by atoms with Gasteiger partial charge < -0.3 is 10.6 Å². The molecule has 21 heavy (non-hydrogen) atoms. The lowest BCUT2D eigenvalue weighted by molar-refractivity contribution is 0.0962. The van der Waals surface area contributed by atoms with E-state index in [4.69, 9.17) is 0 Å². The van der Waals surface area contributed by atoms with Gasteiger partial charge in [-0.2, -0.15) is 0 Å². The Balaban J connectivity index is 2.32. The van der Waals surface area contributed by atoms with Crippen molar-refractivity contribution >= 4 is 22.9 Å². The highest BCUT2D eigenvalue weighted by molar-refractivity contribution is 7.10. The number of thiophene rings is 1. The maximum Gasteiger partial charge on any atom is 0.251 e. The van der Waals surface area contributed by atoms with Crippen LogP contribution in [0, 0.1) is 12.8 Å². The molecule has 112 valence electrons. The van der Waals surface area contributed by atoms with Crippen LogP contribution >= 0.6 is 11.3 Å². The molecule has 0 fully saturated rings. The third kappa shape index (κ3) is 3.45. The molecule has 0 saturated heterocycles. The van der Waals surface area contributed by atoms with Gasteiger partial charge in [-0.1, -0.05) is 26.0 Å². The summed E-state index contributed by atoms with van der Waals surface area (Å²) in [5.74, 6) is 0.417. The maximum atomic E-state index is 11.9. The molecule has 0 aliphatic rings. The van der Waals surface area contributed by atoms with Gasteiger partial charge in [0.1, 0.15) is 0 Å². The van der Waals surface area contributed by atoms with E-state index >= 15 is 0 Å². The first kappa shape index (κ1) is 15.6. The Morgan fingerprint density at radius 1 is 1.19 bits per heavy atom. The smallest absolute Gasteiger partial charge is 0.251 e. The molecule has 1 aromatic heterocycles. The summed E-state index contributed by atoms with van der Waals surface area (Å²) in [5, 5.41) is 8.38. The van der Waals surface area contributed by atoms with Crippen molar-refractivity contribution in [1.82, 2.24) is 5.32 Å². The molecule has 1 amide bonds. The Kier molecular flexibility index (Phi) is 5.02. The highest BCUT2D eigenvalue weighted by Crippen LogP contribution is 2.31. The largest absolute Gasteiger partial charge is 0.377 e. The van der Waals surface area contributed by atoms with E-state index < -0.39 is 0 Å². The summed E-state index contributed by atoms with van der Waals surface area (Å²) in [7, 11) is 1.66. The van der Waals surface area contributed by atoms with Gasteiger partial charge in [0.15, 0.2) is 0 Å². The SMILES string of the molecule is CNC(=O)c1cccc(NC(c2cccs2)C(C)C)c1C. The minimum Gasteiger partial charge on any atom is -0.377 e. The Bertz CT molecular complexity index is 605. The van der Waals surface area contributed by atoms with Crippen LogP contribution in [-0.2, 0) is 0 Å². The Labute approximate surface area is 130 Å². The first-order valence-electron chi connectivity index (χ1n) is 7.16. The van der Waals surface area contributed by atoms with Crippen LogP contribution in [0.5, 0.6) is 0 Å². The average Bonchev–Trinajstić information content (AvgIpc) is 2.98. The number of nitrogens with one attached hydrogen (secondary N) is 2. The fourth-order valence-corrected chi connectivity index (χ4v) is 3.32. The summed E-state index contributed by atoms with van der Waals surface area (Å²) in [6.07, 6.45) is 0. The zero-order chi connectivity index (χ0) is 15.4. The number of hydrogen-bond acceptors (Lipinski definition) is 3. The van der Waals surface area contributed by atoms with Crippen LogP contribution in [0.4, 0.5) is 5.69 Å². The van der Waals surface area contributed by atoms with Gasteiger partial charge in [-0.25, -0.2) is 0 Å². The predicted octanol–water partition coefficient (Wildman–Crippen LogP) is 4.23. The van der Waals surface area contributed by atoms with Crippen molar-refractivity contribution in [3.8, 4) is 0 Å². The van der Waals surface area contributed by atoms with Crippen molar-refractivity contribution in [3.63, 3.8) is 0 Å². The predicted molar refractivity (Wildman–Crippen MR) is 90.1 cm³/mol. The molecule has 1 aromatic carbocycles. The van der Waals surface area contributed by atoms with Gasteiger partial charge in [0, 0.05) is 23.2 Å². The molecule has 3 nitrogen and oxygen atoms in total. The summed E-state index contributed by atoms with van der Waals surface area (Å²) in [4.78, 5) is 13.2. The highest BCUT2D eigenvalue weighted by atomic mass is 32.1. The van der Waals surface area contributed by atoms with Crippen molar-refractivity contribution in [1.29, 1.82) is 0 Å². The second-order valence-electron chi connectivity index (χ2n) is 5.44. The first-order valence-corrected chi connectivity index (χ1v) is 8.04. The summed E-state index contributed by atoms with van der Waals surface area (Å²) < 4.78 is 0. The lowest BCUT2D eigenvalue weighted by Crippen LogP contribution is -2.21. The molecule has 2 N–H and O–H groups in total. The number of benzene rings is 1. The molecule has 0 aliphatic heterocycles. The molecule has 1 atom stereocenters. The molecule has 2 aromatic rings. The summed E-state index contributed by atoms with van der Waals surface area (Å²) in [5.41, 5.74) is 2.72. The van der Waals surface area contributed by atoms with Crippen LogP contribution in [-0.4, -0.2) is 13.0 Å². The molecule has 0 aliphatic carbocycles. The standard InChI is InChI=1S/C17H22N2OS/c1-11(2)16(15-9-6-10-21-15)19-14-8-5-7-13(12(14)3)17(20)18-4/h5-11,16,19H,1-4H3,(H,18,20). The van der Waals surface area contributed by atoms with Gasteiger partial charge in [0.05, 0.1) is 6.04 Å². The van der Waals surface area contributed by atoms with E-state index in [0.29, 0.717) is 5.92 Å². The van der Waals surface area contributed by atoms with Crippen LogP contribution in [0.2, 0.25) is 0 Å². The lowest BCUT2D eigenvalue weighted by Gasteiger charge is -2.24. The summed E-state index contributed by atoms with van der Waals surface area (Å²) in [6, 6.07) is 10.3. The number of amides is 1. The highest BCUT2D eigenvalue weighted by Gasteiger charge is 2.18. The van der Waals surface area contributed by atoms with Crippen LogP contribution < -0.4 is 10.6 Å². The molecule has 0 spiro atoms. The lowest BCUT2D eigenvalue weighted by atomic mass is 10.00. The van der Waals surface area contributed by atoms with E-state index in [1.54, 1.807) is 18.4 Å². The van der Waals surface area contributed by atoms with Gasteiger partial charge in [-0.3, -0.25) is 4.79 Å². The Morgan fingerprint density at radius 3 is 2.52 bits per heavy atom. The number of rotatable bonds is 5. The van der Waals surface area contributed by atoms with Crippen molar-refractivity contribution in [3.05, 3.63) is 51.7 Å². The molecular weight excluding hydrogens is 280 g/mol. The topological polar surface area (TPSA) is 41.1 Å². The van der Waals surface area contributed by atoms with Gasteiger partial charge in [-0.15, -0.1) is 11.3 Å². The normalized spacial score (nSPS) is 12.2. The number of carbonyl (C=O) groups is 1. The molecule has 0 saturated carbocycles. The van der Waals surface area contributed by atoms with Crippen molar-refractivity contribution in [2.24, 2.45) is 5.92 Å². The van der Waals surface area contributed by atoms with E-state index in [9.17, 15) is 4.79 Å². The average molecular weight is 302 g/mol. The minimum absolute atomic E-state index is 0.0478. The molecule has 1 unspecified atom stereocenters. The zero-order valence-electron chi connectivity index (χ0n) is 12.9. The van der Waals surface area contributed by atoms with Gasteiger partial charge in [0.2, 0.25) is 0 Å². The fraction of sp³-hybridized carbons (Fsp3) is 0.353. The fourth-order valence-electron chi connectivity index (χ4n) is 2.37. The molecule has 1 heterocycles. The molecule has 0 radical (unpaired) electrons.